The first-order chi connectivity index (χ1) is 6.65. The zero-order valence-corrected chi connectivity index (χ0v) is 8.13. The Labute approximate surface area is 84.2 Å². The van der Waals surface area contributed by atoms with Gasteiger partial charge in [0.15, 0.2) is 5.82 Å². The van der Waals surface area contributed by atoms with Crippen molar-refractivity contribution in [2.45, 2.75) is 6.92 Å². The minimum Gasteiger partial charge on any atom is -0.369 e. The molecule has 0 amide bonds. The molecule has 0 spiro atoms. The van der Waals surface area contributed by atoms with Gasteiger partial charge < -0.3 is 15.2 Å². The van der Waals surface area contributed by atoms with Crippen molar-refractivity contribution in [3.63, 3.8) is 0 Å². The second-order valence-electron chi connectivity index (χ2n) is 2.69. The number of nitrogen functional groups attached to an aromatic ring is 1. The van der Waals surface area contributed by atoms with Crippen LogP contribution in [-0.2, 0) is 0 Å². The average Bonchev–Trinajstić information content (AvgIpc) is 2.50. The van der Waals surface area contributed by atoms with Gasteiger partial charge in [0.1, 0.15) is 11.5 Å². The lowest BCUT2D eigenvalue weighted by atomic mass is 10.3. The van der Waals surface area contributed by atoms with Gasteiger partial charge in [0.05, 0.1) is 0 Å². The number of nitrogens with one attached hydrogen (secondary N) is 1. The van der Waals surface area contributed by atoms with E-state index in [-0.39, 0.29) is 10.7 Å². The number of aromatic nitrogens is 4. The monoisotopic (exact) mass is 209 g/mol. The highest BCUT2D eigenvalue weighted by atomic mass is 32.1. The number of hydrogen-bond acceptors (Lipinski definition) is 6. The molecule has 0 aromatic carbocycles. The highest BCUT2D eigenvalue weighted by molar-refractivity contribution is 7.71. The Hall–Kier alpha value is -1.76. The van der Waals surface area contributed by atoms with E-state index in [9.17, 15) is 0 Å². The summed E-state index contributed by atoms with van der Waals surface area (Å²) >= 11 is 4.81. The molecule has 0 aliphatic heterocycles. The molecule has 14 heavy (non-hydrogen) atoms. The predicted molar refractivity (Wildman–Crippen MR) is 51.9 cm³/mol. The fourth-order valence-electron chi connectivity index (χ4n) is 1.00. The van der Waals surface area contributed by atoms with Crippen LogP contribution >= 0.6 is 12.2 Å². The predicted octanol–water partition coefficient (Wildman–Crippen LogP) is 1.08. The number of anilines is 1. The SMILES string of the molecule is Cc1cc(-c2nc(=S)nc(N)[nH]2)no1. The molecule has 3 N–H and O–H groups in total. The van der Waals surface area contributed by atoms with Gasteiger partial charge in [0.2, 0.25) is 10.7 Å². The van der Waals surface area contributed by atoms with Crippen LogP contribution < -0.4 is 5.73 Å². The Morgan fingerprint density at radius 2 is 2.29 bits per heavy atom. The summed E-state index contributed by atoms with van der Waals surface area (Å²) in [6.45, 7) is 1.79. The van der Waals surface area contributed by atoms with Crippen molar-refractivity contribution in [2.24, 2.45) is 0 Å². The van der Waals surface area contributed by atoms with Crippen LogP contribution in [0.1, 0.15) is 5.76 Å². The standard InChI is InChI=1S/C7H7N5OS/c1-3-2-4(12-13-3)5-9-6(8)11-7(14)10-5/h2H,1H3,(H3,8,9,10,11,14). The van der Waals surface area contributed by atoms with E-state index >= 15 is 0 Å². The second kappa shape index (κ2) is 3.18. The molecule has 7 heteroatoms. The van der Waals surface area contributed by atoms with E-state index in [0.29, 0.717) is 17.3 Å². The van der Waals surface area contributed by atoms with Crippen molar-refractivity contribution in [1.82, 2.24) is 20.1 Å². The lowest BCUT2D eigenvalue weighted by Crippen LogP contribution is -1.99. The van der Waals surface area contributed by atoms with Crippen molar-refractivity contribution in [2.75, 3.05) is 5.73 Å². The van der Waals surface area contributed by atoms with Crippen LogP contribution in [0.3, 0.4) is 0 Å². The van der Waals surface area contributed by atoms with Gasteiger partial charge in [0, 0.05) is 6.07 Å². The van der Waals surface area contributed by atoms with Gasteiger partial charge in [-0.2, -0.15) is 9.97 Å². The van der Waals surface area contributed by atoms with Crippen LogP contribution in [0.2, 0.25) is 0 Å². The van der Waals surface area contributed by atoms with E-state index in [1.807, 2.05) is 0 Å². The second-order valence-corrected chi connectivity index (χ2v) is 3.05. The van der Waals surface area contributed by atoms with E-state index in [1.165, 1.54) is 0 Å². The lowest BCUT2D eigenvalue weighted by molar-refractivity contribution is 0.399. The molecule has 0 radical (unpaired) electrons. The van der Waals surface area contributed by atoms with E-state index in [2.05, 4.69) is 20.1 Å². The van der Waals surface area contributed by atoms with Crippen LogP contribution in [0.5, 0.6) is 0 Å². The largest absolute Gasteiger partial charge is 0.369 e. The van der Waals surface area contributed by atoms with Crippen LogP contribution in [0.25, 0.3) is 11.5 Å². The normalized spacial score (nSPS) is 10.4. The van der Waals surface area contributed by atoms with Crippen molar-refractivity contribution in [3.8, 4) is 11.5 Å². The molecular formula is C7H7N5OS. The molecular weight excluding hydrogens is 202 g/mol. The highest BCUT2D eigenvalue weighted by Gasteiger charge is 2.06. The van der Waals surface area contributed by atoms with E-state index in [1.54, 1.807) is 13.0 Å². The van der Waals surface area contributed by atoms with Crippen molar-refractivity contribution in [3.05, 3.63) is 16.6 Å². The smallest absolute Gasteiger partial charge is 0.224 e. The van der Waals surface area contributed by atoms with Crippen molar-refractivity contribution in [1.29, 1.82) is 0 Å². The van der Waals surface area contributed by atoms with Crippen LogP contribution in [-0.4, -0.2) is 20.1 Å². The number of nitrogens with two attached hydrogens (primary N) is 1. The third kappa shape index (κ3) is 1.62. The molecule has 0 bridgehead atoms. The van der Waals surface area contributed by atoms with Gasteiger partial charge in [0.25, 0.3) is 0 Å². The maximum Gasteiger partial charge on any atom is 0.224 e. The highest BCUT2D eigenvalue weighted by Crippen LogP contribution is 2.13. The molecule has 0 saturated heterocycles. The van der Waals surface area contributed by atoms with Gasteiger partial charge in [-0.25, -0.2) is 0 Å². The molecule has 2 aromatic rings. The fourth-order valence-corrected chi connectivity index (χ4v) is 1.19. The summed E-state index contributed by atoms with van der Waals surface area (Å²) in [6.07, 6.45) is 0. The first-order valence-corrected chi connectivity index (χ1v) is 4.23. The minimum atomic E-state index is 0.178. The Morgan fingerprint density at radius 1 is 1.50 bits per heavy atom. The summed E-state index contributed by atoms with van der Waals surface area (Å²) in [7, 11) is 0. The summed E-state index contributed by atoms with van der Waals surface area (Å²) in [5.41, 5.74) is 6.03. The molecule has 0 unspecified atom stereocenters. The minimum absolute atomic E-state index is 0.178. The van der Waals surface area contributed by atoms with Gasteiger partial charge >= 0.3 is 0 Å². The molecule has 2 aromatic heterocycles. The van der Waals surface area contributed by atoms with Gasteiger partial charge in [-0.3, -0.25) is 0 Å². The molecule has 6 nitrogen and oxygen atoms in total. The van der Waals surface area contributed by atoms with Gasteiger partial charge in [-0.15, -0.1) is 0 Å². The third-order valence-corrected chi connectivity index (χ3v) is 1.72. The molecule has 0 aliphatic carbocycles. The third-order valence-electron chi connectivity index (χ3n) is 1.54. The van der Waals surface area contributed by atoms with Crippen molar-refractivity contribution < 1.29 is 4.52 Å². The number of nitrogens with zero attached hydrogens (tertiary/aromatic N) is 3. The summed E-state index contributed by atoms with van der Waals surface area (Å²) in [5, 5.41) is 3.77. The van der Waals surface area contributed by atoms with Crippen LogP contribution in [0.15, 0.2) is 10.6 Å². The quantitative estimate of drug-likeness (QED) is 0.682. The summed E-state index contributed by atoms with van der Waals surface area (Å²) in [5.74, 6) is 1.36. The number of H-pyrrole nitrogens is 1. The Balaban J connectivity index is 2.56. The molecule has 0 saturated carbocycles. The topological polar surface area (TPSA) is 93.6 Å². The molecule has 0 fully saturated rings. The van der Waals surface area contributed by atoms with E-state index < -0.39 is 0 Å². The molecule has 72 valence electrons. The van der Waals surface area contributed by atoms with Crippen molar-refractivity contribution >= 4 is 18.2 Å². The Kier molecular flexibility index (Phi) is 2.01. The average molecular weight is 209 g/mol. The first kappa shape index (κ1) is 8.82. The van der Waals surface area contributed by atoms with E-state index in [0.717, 1.165) is 0 Å². The van der Waals surface area contributed by atoms with Gasteiger partial charge in [-0.1, -0.05) is 5.16 Å². The maximum absolute atomic E-state index is 5.47. The summed E-state index contributed by atoms with van der Waals surface area (Å²) in [6, 6.07) is 1.73. The first-order valence-electron chi connectivity index (χ1n) is 3.82. The lowest BCUT2D eigenvalue weighted by Gasteiger charge is -1.96. The summed E-state index contributed by atoms with van der Waals surface area (Å²) < 4.78 is 5.07. The number of hydrogen-bond donors (Lipinski definition) is 2. The fraction of sp³-hybridized carbons (Fsp3) is 0.143. The van der Waals surface area contributed by atoms with Crippen LogP contribution in [0, 0.1) is 11.7 Å². The number of aromatic amines is 1. The zero-order chi connectivity index (χ0) is 10.1. The maximum atomic E-state index is 5.47. The van der Waals surface area contributed by atoms with Gasteiger partial charge in [-0.05, 0) is 19.1 Å². The number of rotatable bonds is 1. The summed E-state index contributed by atoms with van der Waals surface area (Å²) in [4.78, 5) is 10.4. The Bertz CT molecular complexity index is 517. The van der Waals surface area contributed by atoms with E-state index in [4.69, 9.17) is 22.5 Å². The molecule has 0 atom stereocenters. The zero-order valence-electron chi connectivity index (χ0n) is 7.31. The molecule has 2 rings (SSSR count). The number of aryl methyl sites for hydroxylation is 1. The van der Waals surface area contributed by atoms with Crippen LogP contribution in [0.4, 0.5) is 5.95 Å². The molecule has 0 aliphatic rings. The Morgan fingerprint density at radius 3 is 2.86 bits per heavy atom. The molecule has 2 heterocycles.